The highest BCUT2D eigenvalue weighted by Crippen LogP contribution is 2.44. The molecule has 0 bridgehead atoms. The van der Waals surface area contributed by atoms with Crippen molar-refractivity contribution in [3.63, 3.8) is 0 Å². The van der Waals surface area contributed by atoms with Crippen molar-refractivity contribution in [1.82, 2.24) is 5.32 Å². The van der Waals surface area contributed by atoms with Gasteiger partial charge in [0.25, 0.3) is 0 Å². The van der Waals surface area contributed by atoms with Gasteiger partial charge in [0.15, 0.2) is 0 Å². The minimum atomic E-state index is -0.472. The molecule has 0 saturated heterocycles. The van der Waals surface area contributed by atoms with Gasteiger partial charge in [-0.1, -0.05) is 0 Å². The molecule has 0 radical (unpaired) electrons. The average Bonchev–Trinajstić information content (AvgIpc) is 3.26. The van der Waals surface area contributed by atoms with Gasteiger partial charge in [-0.3, -0.25) is 9.59 Å². The Labute approximate surface area is 121 Å². The molecule has 0 aromatic heterocycles. The third-order valence-corrected chi connectivity index (χ3v) is 3.43. The molecule has 0 atom stereocenters. The first-order valence-electron chi connectivity index (χ1n) is 6.66. The molecule has 2 rings (SSSR count). The van der Waals surface area contributed by atoms with Gasteiger partial charge in [0.05, 0.1) is 6.61 Å². The Bertz CT molecular complexity index is 551. The molecule has 1 fully saturated rings. The SMILES string of the molecule is O=C(/C=C/C(=O)Nc1ccc(F)cc1)NCC1(CO)CC1. The Morgan fingerprint density at radius 1 is 1.19 bits per heavy atom. The third-order valence-electron chi connectivity index (χ3n) is 3.43. The highest BCUT2D eigenvalue weighted by Gasteiger charge is 2.41. The van der Waals surface area contributed by atoms with Gasteiger partial charge in [-0.05, 0) is 37.1 Å². The van der Waals surface area contributed by atoms with E-state index in [1.807, 2.05) is 0 Å². The Balaban J connectivity index is 1.76. The number of nitrogens with one attached hydrogen (secondary N) is 2. The Morgan fingerprint density at radius 3 is 2.38 bits per heavy atom. The Kier molecular flexibility index (Phi) is 4.70. The first-order valence-corrected chi connectivity index (χ1v) is 6.66. The zero-order valence-electron chi connectivity index (χ0n) is 11.4. The number of hydrogen-bond acceptors (Lipinski definition) is 3. The van der Waals surface area contributed by atoms with E-state index in [1.54, 1.807) is 0 Å². The molecule has 112 valence electrons. The van der Waals surface area contributed by atoms with Crippen LogP contribution in [-0.2, 0) is 9.59 Å². The molecule has 1 saturated carbocycles. The summed E-state index contributed by atoms with van der Waals surface area (Å²) in [5.74, 6) is -1.25. The molecule has 1 aromatic rings. The van der Waals surface area contributed by atoms with E-state index in [2.05, 4.69) is 10.6 Å². The number of aliphatic hydroxyl groups is 1. The van der Waals surface area contributed by atoms with Crippen LogP contribution in [0.5, 0.6) is 0 Å². The van der Waals surface area contributed by atoms with Crippen molar-refractivity contribution in [2.45, 2.75) is 12.8 Å². The Hall–Kier alpha value is -2.21. The van der Waals surface area contributed by atoms with Gasteiger partial charge < -0.3 is 15.7 Å². The van der Waals surface area contributed by atoms with E-state index in [0.717, 1.165) is 25.0 Å². The van der Waals surface area contributed by atoms with Gasteiger partial charge >= 0.3 is 0 Å². The van der Waals surface area contributed by atoms with Crippen molar-refractivity contribution in [2.24, 2.45) is 5.41 Å². The minimum Gasteiger partial charge on any atom is -0.396 e. The van der Waals surface area contributed by atoms with Crippen molar-refractivity contribution < 1.29 is 19.1 Å². The predicted molar refractivity (Wildman–Crippen MR) is 75.9 cm³/mol. The summed E-state index contributed by atoms with van der Waals surface area (Å²) in [6.07, 6.45) is 4.04. The largest absolute Gasteiger partial charge is 0.396 e. The number of hydrogen-bond donors (Lipinski definition) is 3. The summed E-state index contributed by atoms with van der Waals surface area (Å²) in [6.45, 7) is 0.467. The average molecular weight is 292 g/mol. The van der Waals surface area contributed by atoms with Crippen molar-refractivity contribution in [3.05, 3.63) is 42.2 Å². The van der Waals surface area contributed by atoms with Crippen LogP contribution in [0.4, 0.5) is 10.1 Å². The molecule has 1 aromatic carbocycles. The summed E-state index contributed by atoms with van der Waals surface area (Å²) < 4.78 is 12.7. The number of carbonyl (C=O) groups excluding carboxylic acids is 2. The summed E-state index contributed by atoms with van der Waals surface area (Å²) in [5.41, 5.74) is 0.281. The zero-order valence-corrected chi connectivity index (χ0v) is 11.4. The van der Waals surface area contributed by atoms with Crippen molar-refractivity contribution in [2.75, 3.05) is 18.5 Å². The number of rotatable bonds is 6. The van der Waals surface area contributed by atoms with Gasteiger partial charge in [-0.25, -0.2) is 4.39 Å². The molecule has 0 unspecified atom stereocenters. The van der Waals surface area contributed by atoms with E-state index in [9.17, 15) is 14.0 Å². The summed E-state index contributed by atoms with van der Waals surface area (Å²) >= 11 is 0. The fraction of sp³-hybridized carbons (Fsp3) is 0.333. The second kappa shape index (κ2) is 6.49. The molecule has 1 aliphatic rings. The van der Waals surface area contributed by atoms with E-state index in [4.69, 9.17) is 5.11 Å². The number of carbonyl (C=O) groups is 2. The molecule has 0 spiro atoms. The normalized spacial score (nSPS) is 15.7. The summed E-state index contributed by atoms with van der Waals surface area (Å²) in [5, 5.41) is 14.3. The third kappa shape index (κ3) is 4.68. The van der Waals surface area contributed by atoms with E-state index in [1.165, 1.54) is 24.3 Å². The molecule has 0 aliphatic heterocycles. The molecule has 1 aliphatic carbocycles. The second-order valence-electron chi connectivity index (χ2n) is 5.21. The summed E-state index contributed by atoms with van der Waals surface area (Å²) in [7, 11) is 0. The first-order chi connectivity index (χ1) is 10.0. The van der Waals surface area contributed by atoms with Crippen LogP contribution < -0.4 is 10.6 Å². The number of amides is 2. The molecule has 6 heteroatoms. The standard InChI is InChI=1S/C15H17FN2O3/c16-11-1-3-12(4-2-11)18-14(21)6-5-13(20)17-9-15(10-19)7-8-15/h1-6,19H,7-10H2,(H,17,20)(H,18,21)/b6-5+. The summed E-state index contributed by atoms with van der Waals surface area (Å²) in [6, 6.07) is 5.32. The summed E-state index contributed by atoms with van der Waals surface area (Å²) in [4.78, 5) is 23.1. The molecule has 21 heavy (non-hydrogen) atoms. The molecular formula is C15H17FN2O3. The lowest BCUT2D eigenvalue weighted by molar-refractivity contribution is -0.117. The lowest BCUT2D eigenvalue weighted by Crippen LogP contribution is -2.30. The van der Waals surface area contributed by atoms with Crippen LogP contribution in [0.15, 0.2) is 36.4 Å². The maximum atomic E-state index is 12.7. The molecule has 2 amide bonds. The fourth-order valence-electron chi connectivity index (χ4n) is 1.77. The van der Waals surface area contributed by atoms with Crippen molar-refractivity contribution in [1.29, 1.82) is 0 Å². The molecule has 0 heterocycles. The lowest BCUT2D eigenvalue weighted by atomic mass is 10.1. The fourth-order valence-corrected chi connectivity index (χ4v) is 1.77. The maximum absolute atomic E-state index is 12.7. The smallest absolute Gasteiger partial charge is 0.248 e. The molecular weight excluding hydrogens is 275 g/mol. The van der Waals surface area contributed by atoms with Crippen LogP contribution in [0, 0.1) is 11.2 Å². The predicted octanol–water partition coefficient (Wildman–Crippen LogP) is 1.21. The van der Waals surface area contributed by atoms with Gasteiger partial charge in [0.2, 0.25) is 11.8 Å². The van der Waals surface area contributed by atoms with E-state index in [-0.39, 0.29) is 23.7 Å². The topological polar surface area (TPSA) is 78.4 Å². The van der Waals surface area contributed by atoms with Crippen molar-refractivity contribution >= 4 is 17.5 Å². The second-order valence-corrected chi connectivity index (χ2v) is 5.21. The monoisotopic (exact) mass is 292 g/mol. The Morgan fingerprint density at radius 2 is 1.81 bits per heavy atom. The van der Waals surface area contributed by atoms with Crippen LogP contribution in [0.3, 0.4) is 0 Å². The zero-order chi connectivity index (χ0) is 15.3. The van der Waals surface area contributed by atoms with Crippen LogP contribution >= 0.6 is 0 Å². The lowest BCUT2D eigenvalue weighted by Gasteiger charge is -2.11. The highest BCUT2D eigenvalue weighted by atomic mass is 19.1. The van der Waals surface area contributed by atoms with Gasteiger partial charge in [0, 0.05) is 29.8 Å². The van der Waals surface area contributed by atoms with Crippen LogP contribution in [0.2, 0.25) is 0 Å². The van der Waals surface area contributed by atoms with E-state index >= 15 is 0 Å². The van der Waals surface area contributed by atoms with E-state index < -0.39 is 5.91 Å². The maximum Gasteiger partial charge on any atom is 0.248 e. The molecule has 5 nitrogen and oxygen atoms in total. The molecule has 3 N–H and O–H groups in total. The first kappa shape index (κ1) is 15.2. The van der Waals surface area contributed by atoms with Crippen LogP contribution in [0.1, 0.15) is 12.8 Å². The highest BCUT2D eigenvalue weighted by molar-refractivity contribution is 6.03. The van der Waals surface area contributed by atoms with Gasteiger partial charge in [-0.15, -0.1) is 0 Å². The number of aliphatic hydroxyl groups excluding tert-OH is 1. The number of anilines is 1. The minimum absolute atomic E-state index is 0.0576. The quantitative estimate of drug-likeness (QED) is 0.690. The van der Waals surface area contributed by atoms with E-state index in [0.29, 0.717) is 12.2 Å². The van der Waals surface area contributed by atoms with Crippen LogP contribution in [-0.4, -0.2) is 30.1 Å². The van der Waals surface area contributed by atoms with Crippen LogP contribution in [0.25, 0.3) is 0 Å². The van der Waals surface area contributed by atoms with Crippen molar-refractivity contribution in [3.8, 4) is 0 Å². The van der Waals surface area contributed by atoms with Gasteiger partial charge in [0.1, 0.15) is 5.82 Å². The number of halogens is 1. The number of benzene rings is 1. The van der Waals surface area contributed by atoms with Gasteiger partial charge in [-0.2, -0.15) is 0 Å².